The number of epoxide rings is 1. The summed E-state index contributed by atoms with van der Waals surface area (Å²) in [6.07, 6.45) is 0. The third-order valence-electron chi connectivity index (χ3n) is 2.15. The molecule has 1 saturated heterocycles. The van der Waals surface area contributed by atoms with E-state index >= 15 is 0 Å². The molecule has 1 atom stereocenters. The van der Waals surface area contributed by atoms with Crippen LogP contribution in [0.25, 0.3) is 0 Å². The summed E-state index contributed by atoms with van der Waals surface area (Å²) in [5.41, 5.74) is -0.613. The van der Waals surface area contributed by atoms with Crippen LogP contribution in [-0.4, -0.2) is 6.61 Å². The number of hydrogen-bond acceptors (Lipinski definition) is 1. The Balaban J connectivity index is 2.61. The Hall–Kier alpha value is -0.670. The van der Waals surface area contributed by atoms with Crippen molar-refractivity contribution in [2.45, 2.75) is 12.5 Å². The summed E-state index contributed by atoms with van der Waals surface area (Å²) >= 11 is 5.63. The van der Waals surface area contributed by atoms with Gasteiger partial charge in [-0.1, -0.05) is 11.6 Å². The van der Waals surface area contributed by atoms with Gasteiger partial charge in [-0.05, 0) is 19.1 Å². The average molecular weight is 205 g/mol. The first-order chi connectivity index (χ1) is 6.04. The molecule has 70 valence electrons. The van der Waals surface area contributed by atoms with Crippen LogP contribution >= 0.6 is 11.6 Å². The molecular weight excluding hydrogens is 198 g/mol. The van der Waals surface area contributed by atoms with Crippen LogP contribution in [0.1, 0.15) is 12.5 Å². The number of rotatable bonds is 1. The van der Waals surface area contributed by atoms with E-state index < -0.39 is 17.2 Å². The molecule has 0 aliphatic carbocycles. The summed E-state index contributed by atoms with van der Waals surface area (Å²) in [5.74, 6) is -1.14. The second kappa shape index (κ2) is 2.66. The second-order valence-electron chi connectivity index (χ2n) is 3.24. The maximum Gasteiger partial charge on any atom is 0.142 e. The Morgan fingerprint density at radius 2 is 1.92 bits per heavy atom. The van der Waals surface area contributed by atoms with E-state index in [4.69, 9.17) is 16.3 Å². The molecule has 0 N–H and O–H groups in total. The highest BCUT2D eigenvalue weighted by Gasteiger charge is 2.45. The van der Waals surface area contributed by atoms with Gasteiger partial charge in [0.05, 0.1) is 11.6 Å². The molecule has 0 spiro atoms. The van der Waals surface area contributed by atoms with E-state index in [1.54, 1.807) is 6.92 Å². The highest BCUT2D eigenvalue weighted by Crippen LogP contribution is 2.43. The minimum absolute atomic E-state index is 0.120. The fourth-order valence-corrected chi connectivity index (χ4v) is 1.62. The predicted octanol–water partition coefficient (Wildman–Crippen LogP) is 2.86. The van der Waals surface area contributed by atoms with Crippen molar-refractivity contribution in [2.75, 3.05) is 6.61 Å². The molecule has 1 nitrogen and oxygen atoms in total. The maximum atomic E-state index is 13.2. The van der Waals surface area contributed by atoms with Gasteiger partial charge < -0.3 is 4.74 Å². The van der Waals surface area contributed by atoms with E-state index in [0.717, 1.165) is 12.1 Å². The molecule has 0 aromatic heterocycles. The van der Waals surface area contributed by atoms with Gasteiger partial charge in [-0.3, -0.25) is 0 Å². The lowest BCUT2D eigenvalue weighted by atomic mass is 10.0. The SMILES string of the molecule is CC1(c2c(F)ccc(F)c2Cl)CO1. The van der Waals surface area contributed by atoms with Crippen LogP contribution < -0.4 is 0 Å². The Labute approximate surface area is 79.3 Å². The van der Waals surface area contributed by atoms with Gasteiger partial charge in [0.2, 0.25) is 0 Å². The van der Waals surface area contributed by atoms with Crippen molar-refractivity contribution in [3.63, 3.8) is 0 Å². The summed E-state index contributed by atoms with van der Waals surface area (Å²) in [5, 5.41) is -0.181. The van der Waals surface area contributed by atoms with Crippen LogP contribution in [0.15, 0.2) is 12.1 Å². The molecule has 13 heavy (non-hydrogen) atoms. The summed E-state index contributed by atoms with van der Waals surface area (Å²) in [6, 6.07) is 2.07. The Morgan fingerprint density at radius 3 is 2.46 bits per heavy atom. The first kappa shape index (κ1) is 8.91. The van der Waals surface area contributed by atoms with Crippen LogP contribution in [-0.2, 0) is 10.3 Å². The molecule has 0 amide bonds. The topological polar surface area (TPSA) is 12.5 Å². The van der Waals surface area contributed by atoms with Crippen LogP contribution in [0.3, 0.4) is 0 Å². The molecule has 1 aliphatic heterocycles. The third kappa shape index (κ3) is 1.32. The van der Waals surface area contributed by atoms with Crippen molar-refractivity contribution in [3.05, 3.63) is 34.4 Å². The Morgan fingerprint density at radius 1 is 1.38 bits per heavy atom. The van der Waals surface area contributed by atoms with Crippen molar-refractivity contribution >= 4 is 11.6 Å². The zero-order valence-corrected chi connectivity index (χ0v) is 7.66. The monoisotopic (exact) mass is 204 g/mol. The lowest BCUT2D eigenvalue weighted by Gasteiger charge is -2.09. The van der Waals surface area contributed by atoms with Gasteiger partial charge in [-0.15, -0.1) is 0 Å². The van der Waals surface area contributed by atoms with Crippen LogP contribution in [0.2, 0.25) is 5.02 Å². The van der Waals surface area contributed by atoms with Gasteiger partial charge in [-0.25, -0.2) is 8.78 Å². The first-order valence-corrected chi connectivity index (χ1v) is 4.20. The molecule has 2 rings (SSSR count). The minimum Gasteiger partial charge on any atom is -0.365 e. The van der Waals surface area contributed by atoms with Gasteiger partial charge >= 0.3 is 0 Å². The van der Waals surface area contributed by atoms with Gasteiger partial charge in [0.25, 0.3) is 0 Å². The molecule has 0 radical (unpaired) electrons. The second-order valence-corrected chi connectivity index (χ2v) is 3.62. The highest BCUT2D eigenvalue weighted by molar-refractivity contribution is 6.31. The zero-order valence-electron chi connectivity index (χ0n) is 6.90. The highest BCUT2D eigenvalue weighted by atomic mass is 35.5. The minimum atomic E-state index is -0.733. The molecule has 1 fully saturated rings. The number of benzene rings is 1. The molecule has 1 aromatic rings. The van der Waals surface area contributed by atoms with E-state index in [1.807, 2.05) is 0 Å². The first-order valence-electron chi connectivity index (χ1n) is 3.82. The predicted molar refractivity (Wildman–Crippen MR) is 44.7 cm³/mol. The molecule has 0 saturated carbocycles. The van der Waals surface area contributed by atoms with E-state index in [0.29, 0.717) is 6.61 Å². The van der Waals surface area contributed by atoms with Gasteiger partial charge in [0, 0.05) is 5.56 Å². The van der Waals surface area contributed by atoms with Crippen LogP contribution in [0.4, 0.5) is 8.78 Å². The Bertz CT molecular complexity index is 361. The van der Waals surface area contributed by atoms with Gasteiger partial charge in [0.1, 0.15) is 17.2 Å². The zero-order chi connectivity index (χ0) is 9.64. The largest absolute Gasteiger partial charge is 0.365 e. The number of halogens is 3. The fraction of sp³-hybridized carbons (Fsp3) is 0.333. The molecule has 1 aromatic carbocycles. The fourth-order valence-electron chi connectivity index (χ4n) is 1.26. The summed E-state index contributed by atoms with van der Waals surface area (Å²) in [7, 11) is 0. The molecule has 0 bridgehead atoms. The summed E-state index contributed by atoms with van der Waals surface area (Å²) < 4.78 is 31.2. The molecule has 4 heteroatoms. The smallest absolute Gasteiger partial charge is 0.142 e. The van der Waals surface area contributed by atoms with Crippen molar-refractivity contribution in [3.8, 4) is 0 Å². The van der Waals surface area contributed by atoms with E-state index in [-0.39, 0.29) is 10.6 Å². The molecule has 1 aliphatic rings. The van der Waals surface area contributed by atoms with Crippen molar-refractivity contribution in [1.82, 2.24) is 0 Å². The van der Waals surface area contributed by atoms with Crippen LogP contribution in [0.5, 0.6) is 0 Å². The van der Waals surface area contributed by atoms with E-state index in [1.165, 1.54) is 0 Å². The van der Waals surface area contributed by atoms with Gasteiger partial charge in [-0.2, -0.15) is 0 Å². The van der Waals surface area contributed by atoms with Crippen molar-refractivity contribution < 1.29 is 13.5 Å². The van der Waals surface area contributed by atoms with Crippen molar-refractivity contribution in [2.24, 2.45) is 0 Å². The summed E-state index contributed by atoms with van der Waals surface area (Å²) in [4.78, 5) is 0. The number of hydrogen-bond donors (Lipinski definition) is 0. The molecular formula is C9H7ClF2O. The Kier molecular flexibility index (Phi) is 1.82. The standard InChI is InChI=1S/C9H7ClF2O/c1-9(4-13-9)7-5(11)2-3-6(12)8(7)10/h2-3H,4H2,1H3. The van der Waals surface area contributed by atoms with E-state index in [9.17, 15) is 8.78 Å². The third-order valence-corrected chi connectivity index (χ3v) is 2.52. The maximum absolute atomic E-state index is 13.2. The average Bonchev–Trinajstić information content (AvgIpc) is 2.78. The normalized spacial score (nSPS) is 26.2. The molecule has 1 unspecified atom stereocenters. The van der Waals surface area contributed by atoms with E-state index in [2.05, 4.69) is 0 Å². The number of ether oxygens (including phenoxy) is 1. The van der Waals surface area contributed by atoms with Gasteiger partial charge in [0.15, 0.2) is 0 Å². The summed E-state index contributed by atoms with van der Waals surface area (Å²) in [6.45, 7) is 2.06. The van der Waals surface area contributed by atoms with Crippen LogP contribution in [0, 0.1) is 11.6 Å². The lowest BCUT2D eigenvalue weighted by Crippen LogP contribution is -2.07. The van der Waals surface area contributed by atoms with Crippen molar-refractivity contribution in [1.29, 1.82) is 0 Å². The quantitative estimate of drug-likeness (QED) is 0.506. The lowest BCUT2D eigenvalue weighted by molar-refractivity contribution is 0.320. The molecule has 1 heterocycles.